The Kier molecular flexibility index (Phi) is 5.90. The lowest BCUT2D eigenvalue weighted by Gasteiger charge is -2.10. The molecule has 0 aliphatic rings. The zero-order valence-corrected chi connectivity index (χ0v) is 29.1. The summed E-state index contributed by atoms with van der Waals surface area (Å²) in [5.41, 5.74) is 8.86. The number of nitrogens with zero attached hydrogens (tertiary/aromatic N) is 3. The van der Waals surface area contributed by atoms with Gasteiger partial charge < -0.3 is 8.98 Å². The van der Waals surface area contributed by atoms with Crippen molar-refractivity contribution in [2.24, 2.45) is 0 Å². The number of benzene rings is 8. The van der Waals surface area contributed by atoms with Crippen LogP contribution in [-0.2, 0) is 0 Å². The van der Waals surface area contributed by atoms with E-state index in [-0.39, 0.29) is 0 Å². The predicted molar refractivity (Wildman–Crippen MR) is 222 cm³/mol. The first-order chi connectivity index (χ1) is 26.3. The van der Waals surface area contributed by atoms with E-state index < -0.39 is 0 Å². The average Bonchev–Trinajstić information content (AvgIpc) is 3.90. The maximum Gasteiger partial charge on any atom is 0.164 e. The quantitative estimate of drug-likeness (QED) is 0.185. The number of furan rings is 1. The molecule has 0 unspecified atom stereocenters. The third-order valence-electron chi connectivity index (χ3n) is 10.8. The first-order valence-electron chi connectivity index (χ1n) is 17.8. The number of thiophene rings is 1. The van der Waals surface area contributed by atoms with Crippen LogP contribution in [0, 0.1) is 0 Å². The van der Waals surface area contributed by atoms with Gasteiger partial charge in [-0.1, -0.05) is 121 Å². The lowest BCUT2D eigenvalue weighted by Crippen LogP contribution is -1.95. The second kappa shape index (κ2) is 10.8. The Labute approximate surface area is 306 Å². The monoisotopic (exact) mass is 693 g/mol. The average molecular weight is 694 g/mol. The van der Waals surface area contributed by atoms with Gasteiger partial charge in [-0.05, 0) is 64.0 Å². The van der Waals surface area contributed by atoms with Gasteiger partial charge in [-0.3, -0.25) is 0 Å². The minimum Gasteiger partial charge on any atom is -0.455 e. The summed E-state index contributed by atoms with van der Waals surface area (Å²) in [6.45, 7) is 0. The Balaban J connectivity index is 1.14. The fourth-order valence-corrected chi connectivity index (χ4v) is 9.59. The van der Waals surface area contributed by atoms with Gasteiger partial charge >= 0.3 is 0 Å². The van der Waals surface area contributed by atoms with Crippen molar-refractivity contribution in [3.8, 4) is 28.3 Å². The molecule has 0 bridgehead atoms. The number of hydrogen-bond donors (Lipinski definition) is 0. The minimum absolute atomic E-state index is 0.652. The highest BCUT2D eigenvalue weighted by atomic mass is 32.1. The maximum atomic E-state index is 6.86. The molecule has 8 aromatic carbocycles. The predicted octanol–water partition coefficient (Wildman–Crippen LogP) is 13.5. The minimum atomic E-state index is 0.652. The molecular formula is C48H27N3OS. The molecule has 53 heavy (non-hydrogen) atoms. The van der Waals surface area contributed by atoms with E-state index in [0.717, 1.165) is 65.6 Å². The fourth-order valence-electron chi connectivity index (χ4n) is 8.43. The van der Waals surface area contributed by atoms with Crippen LogP contribution in [0.5, 0.6) is 0 Å². The van der Waals surface area contributed by atoms with Crippen molar-refractivity contribution in [3.05, 3.63) is 164 Å². The third-order valence-corrected chi connectivity index (χ3v) is 12.0. The van der Waals surface area contributed by atoms with Crippen molar-refractivity contribution in [2.45, 2.75) is 0 Å². The lowest BCUT2D eigenvalue weighted by atomic mass is 10.0. The fraction of sp³-hybridized carbons (Fsp3) is 0. The second-order valence-electron chi connectivity index (χ2n) is 13.7. The van der Waals surface area contributed by atoms with Gasteiger partial charge in [0.2, 0.25) is 0 Å². The molecule has 0 aliphatic heterocycles. The molecular weight excluding hydrogens is 667 g/mol. The van der Waals surface area contributed by atoms with Crippen molar-refractivity contribution in [3.63, 3.8) is 0 Å². The summed E-state index contributed by atoms with van der Waals surface area (Å²) >= 11 is 1.75. The summed E-state index contributed by atoms with van der Waals surface area (Å²) < 4.78 is 11.5. The van der Waals surface area contributed by atoms with Crippen LogP contribution in [0.1, 0.15) is 0 Å². The SMILES string of the molecule is c1ccc2cc(-c3nc(-c4cccc5c4oc4cccc(-n6c7ccccc7c7c8ccccc8ccc76)c45)nc4c3sc3ccccc34)ccc2c1. The van der Waals surface area contributed by atoms with Gasteiger partial charge in [-0.25, -0.2) is 9.97 Å². The standard InChI is InChI=1S/C48H27N3OS/c1-2-13-30-27-31(24-23-28(30)11-1)44-47-45(34-16-6-8-22-41(34)53-47)50-48(49-44)36-18-9-17-35-43-38(20-10-21-40(43)52-46(35)36)51-37-19-7-5-15-33(37)42-32-14-4-3-12-29(32)25-26-39(42)51/h1-27H. The molecule has 4 heterocycles. The largest absolute Gasteiger partial charge is 0.455 e. The number of fused-ring (bicyclic) bond motifs is 12. The van der Waals surface area contributed by atoms with E-state index in [0.29, 0.717) is 5.82 Å². The molecule has 0 atom stereocenters. The Morgan fingerprint density at radius 2 is 1.25 bits per heavy atom. The van der Waals surface area contributed by atoms with Gasteiger partial charge in [-0.2, -0.15) is 0 Å². The second-order valence-corrected chi connectivity index (χ2v) is 14.8. The molecule has 0 saturated carbocycles. The molecule has 4 nitrogen and oxygen atoms in total. The molecule has 12 aromatic rings. The zero-order chi connectivity index (χ0) is 34.6. The molecule has 0 radical (unpaired) electrons. The van der Waals surface area contributed by atoms with E-state index in [1.165, 1.54) is 42.5 Å². The molecule has 4 aromatic heterocycles. The van der Waals surface area contributed by atoms with Crippen LogP contribution in [0.2, 0.25) is 0 Å². The van der Waals surface area contributed by atoms with E-state index in [2.05, 4.69) is 168 Å². The van der Waals surface area contributed by atoms with Gasteiger partial charge in [0.25, 0.3) is 0 Å². The first-order valence-corrected chi connectivity index (χ1v) is 18.6. The maximum absolute atomic E-state index is 6.86. The molecule has 0 aliphatic carbocycles. The van der Waals surface area contributed by atoms with E-state index >= 15 is 0 Å². The Bertz CT molecular complexity index is 3480. The zero-order valence-electron chi connectivity index (χ0n) is 28.2. The highest BCUT2D eigenvalue weighted by Gasteiger charge is 2.23. The van der Waals surface area contributed by atoms with Gasteiger partial charge in [0, 0.05) is 31.8 Å². The third kappa shape index (κ3) is 4.11. The van der Waals surface area contributed by atoms with Crippen LogP contribution in [0.25, 0.3) is 114 Å². The summed E-state index contributed by atoms with van der Waals surface area (Å²) in [6.07, 6.45) is 0. The Morgan fingerprint density at radius 3 is 2.17 bits per heavy atom. The molecule has 0 fully saturated rings. The van der Waals surface area contributed by atoms with E-state index in [9.17, 15) is 0 Å². The molecule has 12 rings (SSSR count). The van der Waals surface area contributed by atoms with Gasteiger partial charge in [-0.15, -0.1) is 11.3 Å². The number of hydrogen-bond acceptors (Lipinski definition) is 4. The van der Waals surface area contributed by atoms with E-state index in [4.69, 9.17) is 14.4 Å². The molecule has 0 saturated heterocycles. The summed E-state index contributed by atoms with van der Waals surface area (Å²) in [7, 11) is 0. The van der Waals surface area contributed by atoms with Crippen molar-refractivity contribution in [1.29, 1.82) is 0 Å². The molecule has 5 heteroatoms. The van der Waals surface area contributed by atoms with E-state index in [1.807, 2.05) is 0 Å². The van der Waals surface area contributed by atoms with Crippen molar-refractivity contribution in [1.82, 2.24) is 14.5 Å². The van der Waals surface area contributed by atoms with Crippen LogP contribution in [0.15, 0.2) is 168 Å². The van der Waals surface area contributed by atoms with Crippen molar-refractivity contribution >= 4 is 96.9 Å². The summed E-state index contributed by atoms with van der Waals surface area (Å²) in [4.78, 5) is 10.7. The van der Waals surface area contributed by atoms with Crippen molar-refractivity contribution < 1.29 is 4.42 Å². The van der Waals surface area contributed by atoms with Crippen LogP contribution in [0.4, 0.5) is 0 Å². The smallest absolute Gasteiger partial charge is 0.164 e. The highest BCUT2D eigenvalue weighted by Crippen LogP contribution is 2.44. The van der Waals surface area contributed by atoms with Gasteiger partial charge in [0.05, 0.1) is 43.6 Å². The number of rotatable bonds is 3. The van der Waals surface area contributed by atoms with Gasteiger partial charge in [0.1, 0.15) is 11.2 Å². The van der Waals surface area contributed by atoms with E-state index in [1.54, 1.807) is 11.3 Å². The molecule has 246 valence electrons. The lowest BCUT2D eigenvalue weighted by molar-refractivity contribution is 0.669. The first kappa shape index (κ1) is 28.8. The van der Waals surface area contributed by atoms with Crippen LogP contribution in [0.3, 0.4) is 0 Å². The number of para-hydroxylation sites is 2. The van der Waals surface area contributed by atoms with Crippen LogP contribution >= 0.6 is 11.3 Å². The molecule has 0 spiro atoms. The van der Waals surface area contributed by atoms with Crippen LogP contribution < -0.4 is 0 Å². The summed E-state index contributed by atoms with van der Waals surface area (Å²) in [5, 5.41) is 10.6. The topological polar surface area (TPSA) is 43.9 Å². The summed E-state index contributed by atoms with van der Waals surface area (Å²) in [5.74, 6) is 0.652. The van der Waals surface area contributed by atoms with Gasteiger partial charge in [0.15, 0.2) is 5.82 Å². The Morgan fingerprint density at radius 1 is 0.509 bits per heavy atom. The van der Waals surface area contributed by atoms with Crippen LogP contribution in [-0.4, -0.2) is 14.5 Å². The molecule has 0 N–H and O–H groups in total. The molecule has 0 amide bonds. The normalized spacial score (nSPS) is 12.2. The summed E-state index contributed by atoms with van der Waals surface area (Å²) in [6, 6.07) is 58.2. The van der Waals surface area contributed by atoms with Crippen molar-refractivity contribution in [2.75, 3.05) is 0 Å². The number of aromatic nitrogens is 3. The highest BCUT2D eigenvalue weighted by molar-refractivity contribution is 7.26. The Hall–Kier alpha value is -6.82.